The molecule has 4 N–H and O–H groups in total. The zero-order chi connectivity index (χ0) is 16.6. The molecule has 21 heavy (non-hydrogen) atoms. The Morgan fingerprint density at radius 1 is 1.29 bits per heavy atom. The highest BCUT2D eigenvalue weighted by atomic mass is 31.2. The van der Waals surface area contributed by atoms with Gasteiger partial charge in [0.15, 0.2) is 5.34 Å². The lowest BCUT2D eigenvalue weighted by atomic mass is 9.91. The molecule has 0 aromatic carbocycles. The van der Waals surface area contributed by atoms with Crippen molar-refractivity contribution in [3.8, 4) is 0 Å². The molecule has 2 unspecified atom stereocenters. The molecular formula is C12H24BO7P. The second-order valence-electron chi connectivity index (χ2n) is 6.27. The normalized spacial score (nSPS) is 36.2. The Morgan fingerprint density at radius 3 is 2.19 bits per heavy atom. The van der Waals surface area contributed by atoms with Crippen LogP contribution in [0.2, 0.25) is 0 Å². The average Bonchev–Trinajstić information content (AvgIpc) is 2.54. The summed E-state index contributed by atoms with van der Waals surface area (Å²) in [6.45, 7) is 5.87. The Hall–Kier alpha value is 0.0549. The van der Waals surface area contributed by atoms with Crippen LogP contribution in [0.3, 0.4) is 0 Å². The van der Waals surface area contributed by atoms with E-state index < -0.39 is 42.9 Å². The molecule has 0 saturated carbocycles. The van der Waals surface area contributed by atoms with Crippen LogP contribution in [-0.2, 0) is 13.8 Å². The third-order valence-corrected chi connectivity index (χ3v) is 6.02. The summed E-state index contributed by atoms with van der Waals surface area (Å²) in [6.07, 6.45) is -3.17. The Kier molecular flexibility index (Phi) is 5.71. The fourth-order valence-electron chi connectivity index (χ4n) is 2.10. The van der Waals surface area contributed by atoms with Crippen molar-refractivity contribution in [2.45, 2.75) is 75.8 Å². The number of hydrogen-bond acceptors (Lipinski definition) is 6. The van der Waals surface area contributed by atoms with Gasteiger partial charge in [-0.15, -0.1) is 0 Å². The van der Waals surface area contributed by atoms with E-state index in [4.69, 9.17) is 17.1 Å². The second-order valence-corrected chi connectivity index (χ2v) is 8.45. The van der Waals surface area contributed by atoms with Gasteiger partial charge in [0.25, 0.3) is 0 Å². The molecular weight excluding hydrogens is 298 g/mol. The first-order chi connectivity index (χ1) is 9.33. The highest BCUT2D eigenvalue weighted by molar-refractivity contribution is 7.54. The van der Waals surface area contributed by atoms with E-state index in [9.17, 15) is 24.8 Å². The minimum atomic E-state index is -4.30. The maximum atomic E-state index is 12.2. The van der Waals surface area contributed by atoms with Crippen LogP contribution < -0.4 is 0 Å². The van der Waals surface area contributed by atoms with E-state index in [1.807, 2.05) is 0 Å². The van der Waals surface area contributed by atoms with Crippen molar-refractivity contribution in [1.82, 2.24) is 0 Å². The van der Waals surface area contributed by atoms with Crippen molar-refractivity contribution in [2.24, 2.45) is 0 Å². The Balaban J connectivity index is 2.77. The lowest BCUT2D eigenvalue weighted by Gasteiger charge is -2.35. The molecule has 2 radical (unpaired) electrons. The van der Waals surface area contributed by atoms with Gasteiger partial charge in [-0.2, -0.15) is 0 Å². The van der Waals surface area contributed by atoms with E-state index >= 15 is 0 Å². The Bertz CT molecular complexity index is 414. The first-order valence-corrected chi connectivity index (χ1v) is 8.44. The van der Waals surface area contributed by atoms with Gasteiger partial charge in [0.1, 0.15) is 14.0 Å². The molecule has 0 aliphatic carbocycles. The number of ether oxygens (including phenoxy) is 1. The Labute approximate surface area is 126 Å². The third-order valence-electron chi connectivity index (χ3n) is 3.74. The maximum Gasteiger partial charge on any atom is 0.359 e. The lowest BCUT2D eigenvalue weighted by Crippen LogP contribution is -2.38. The molecule has 0 bridgehead atoms. The highest BCUT2D eigenvalue weighted by Gasteiger charge is 2.48. The van der Waals surface area contributed by atoms with Crippen LogP contribution in [0.4, 0.5) is 0 Å². The van der Waals surface area contributed by atoms with Gasteiger partial charge in [-0.25, -0.2) is 0 Å². The van der Waals surface area contributed by atoms with Crippen molar-refractivity contribution < 1.29 is 34.0 Å². The maximum absolute atomic E-state index is 12.2. The van der Waals surface area contributed by atoms with E-state index in [0.29, 0.717) is 0 Å². The molecule has 1 fully saturated rings. The zero-order valence-corrected chi connectivity index (χ0v) is 13.7. The molecule has 9 heteroatoms. The second kappa shape index (κ2) is 6.28. The van der Waals surface area contributed by atoms with E-state index in [-0.39, 0.29) is 12.8 Å². The highest BCUT2D eigenvalue weighted by Crippen LogP contribution is 2.58. The number of aliphatic hydroxyl groups is 3. The fourth-order valence-corrected chi connectivity index (χ4v) is 3.44. The standard InChI is InChI=1S/C12H24BO7P/c1-5-12(4,16)21(17,18)20-11(2,3)6-7-8(14)9(15)10(13)19-7/h7-10,14-16H,5-6H2,1-4H3,(H,17,18)/t7-,8+,9+,10-,12?/m1/s1. The fraction of sp³-hybridized carbons (Fsp3) is 1.00. The van der Waals surface area contributed by atoms with Crippen LogP contribution in [0.5, 0.6) is 0 Å². The van der Waals surface area contributed by atoms with E-state index in [1.165, 1.54) is 20.8 Å². The molecule has 1 heterocycles. The number of rotatable bonds is 6. The summed E-state index contributed by atoms with van der Waals surface area (Å²) in [5, 5.41) is 27.4. The van der Waals surface area contributed by atoms with Gasteiger partial charge < -0.3 is 29.5 Å². The van der Waals surface area contributed by atoms with Crippen molar-refractivity contribution in [2.75, 3.05) is 0 Å². The molecule has 0 amide bonds. The van der Waals surface area contributed by atoms with Crippen LogP contribution in [0, 0.1) is 0 Å². The average molecular weight is 322 g/mol. The predicted octanol–water partition coefficient (Wildman–Crippen LogP) is 0.0908. The van der Waals surface area contributed by atoms with Crippen LogP contribution in [0.25, 0.3) is 0 Å². The van der Waals surface area contributed by atoms with Gasteiger partial charge in [0.05, 0.1) is 17.8 Å². The molecule has 0 aromatic rings. The molecule has 0 spiro atoms. The van der Waals surface area contributed by atoms with E-state index in [0.717, 1.165) is 0 Å². The zero-order valence-electron chi connectivity index (χ0n) is 12.8. The molecule has 1 saturated heterocycles. The third kappa shape index (κ3) is 4.29. The molecule has 7 nitrogen and oxygen atoms in total. The quantitative estimate of drug-likeness (QED) is 0.404. The predicted molar refractivity (Wildman–Crippen MR) is 76.9 cm³/mol. The molecule has 6 atom stereocenters. The summed E-state index contributed by atoms with van der Waals surface area (Å²) in [5.41, 5.74) is -1.17. The smallest absolute Gasteiger partial charge is 0.359 e. The van der Waals surface area contributed by atoms with Gasteiger partial charge >= 0.3 is 7.60 Å². The summed E-state index contributed by atoms with van der Waals surface area (Å²) in [5.74, 6) is 0. The summed E-state index contributed by atoms with van der Waals surface area (Å²) in [7, 11) is 1.18. The monoisotopic (exact) mass is 322 g/mol. The topological polar surface area (TPSA) is 116 Å². The van der Waals surface area contributed by atoms with Gasteiger partial charge in [-0.05, 0) is 27.2 Å². The number of aliphatic hydroxyl groups excluding tert-OH is 2. The first kappa shape index (κ1) is 19.1. The van der Waals surface area contributed by atoms with E-state index in [1.54, 1.807) is 6.92 Å². The van der Waals surface area contributed by atoms with Crippen molar-refractivity contribution >= 4 is 15.4 Å². The Morgan fingerprint density at radius 2 is 1.81 bits per heavy atom. The van der Waals surface area contributed by atoms with E-state index in [2.05, 4.69) is 0 Å². The summed E-state index contributed by atoms with van der Waals surface area (Å²) >= 11 is 0. The minimum absolute atomic E-state index is 0.0310. The van der Waals surface area contributed by atoms with Gasteiger partial charge in [0.2, 0.25) is 0 Å². The molecule has 122 valence electrons. The van der Waals surface area contributed by atoms with Crippen molar-refractivity contribution in [3.63, 3.8) is 0 Å². The van der Waals surface area contributed by atoms with Crippen molar-refractivity contribution in [1.29, 1.82) is 0 Å². The van der Waals surface area contributed by atoms with Crippen LogP contribution in [0.1, 0.15) is 40.5 Å². The van der Waals surface area contributed by atoms with Gasteiger partial charge in [-0.3, -0.25) is 4.57 Å². The van der Waals surface area contributed by atoms with Gasteiger partial charge in [-0.1, -0.05) is 6.92 Å². The van der Waals surface area contributed by atoms with Crippen LogP contribution in [0.15, 0.2) is 0 Å². The molecule has 0 aromatic heterocycles. The largest absolute Gasteiger partial charge is 0.388 e. The molecule has 1 aliphatic rings. The van der Waals surface area contributed by atoms with Gasteiger partial charge in [0, 0.05) is 12.4 Å². The minimum Gasteiger partial charge on any atom is -0.388 e. The summed E-state index contributed by atoms with van der Waals surface area (Å²) in [6, 6.07) is -1.01. The summed E-state index contributed by atoms with van der Waals surface area (Å²) in [4.78, 5) is 9.93. The van der Waals surface area contributed by atoms with Crippen LogP contribution >= 0.6 is 7.60 Å². The first-order valence-electron chi connectivity index (χ1n) is 6.86. The van der Waals surface area contributed by atoms with Crippen molar-refractivity contribution in [3.05, 3.63) is 0 Å². The molecule has 1 aliphatic heterocycles. The lowest BCUT2D eigenvalue weighted by molar-refractivity contribution is -0.0359. The number of hydrogen-bond donors (Lipinski definition) is 4. The summed E-state index contributed by atoms with van der Waals surface area (Å²) < 4.78 is 22.6. The molecule has 1 rings (SSSR count). The van der Waals surface area contributed by atoms with Crippen LogP contribution in [-0.4, -0.2) is 63.3 Å². The SMILES string of the molecule is [B][C@@H]1O[C@H](CC(C)(C)OP(=O)(O)C(C)(O)CC)[C@H](O)[C@@H]1O.